The van der Waals surface area contributed by atoms with Crippen LogP contribution in [0.5, 0.6) is 17.2 Å². The molecule has 0 atom stereocenters. The molecule has 5 rings (SSSR count). The average molecular weight is 570 g/mol. The van der Waals surface area contributed by atoms with Gasteiger partial charge in [-0.05, 0) is 36.4 Å². The topological polar surface area (TPSA) is 27.7 Å². The Kier molecular flexibility index (Phi) is 6.86. The van der Waals surface area contributed by atoms with Crippen LogP contribution in [0.3, 0.4) is 0 Å². The minimum absolute atomic E-state index is 0.372. The summed E-state index contributed by atoms with van der Waals surface area (Å²) in [6, 6.07) is 6.40. The van der Waals surface area contributed by atoms with Crippen LogP contribution in [-0.2, 0) is 0 Å². The van der Waals surface area contributed by atoms with E-state index in [9.17, 15) is 43.9 Å². The van der Waals surface area contributed by atoms with Gasteiger partial charge in [0.05, 0.1) is 10.8 Å². The van der Waals surface area contributed by atoms with Gasteiger partial charge in [-0.25, -0.2) is 39.5 Å². The number of rotatable bonds is 6. The molecule has 0 spiro atoms. The van der Waals surface area contributed by atoms with Gasteiger partial charge in [-0.3, -0.25) is 0 Å². The fourth-order valence-corrected chi connectivity index (χ4v) is 3.88. The fraction of sp³-hybridized carbons (Fsp3) is 0. The molecule has 0 aliphatic heterocycles. The zero-order valence-electron chi connectivity index (χ0n) is 19.3. The van der Waals surface area contributed by atoms with Crippen LogP contribution in [0.4, 0.5) is 43.9 Å². The molecule has 0 saturated heterocycles. The zero-order chi connectivity index (χ0) is 28.9. The molecule has 0 heterocycles. The molecule has 0 amide bonds. The second-order valence-corrected chi connectivity index (χ2v) is 8.11. The molecule has 0 saturated carbocycles. The van der Waals surface area contributed by atoms with Gasteiger partial charge in [0.25, 0.3) is 0 Å². The average Bonchev–Trinajstić information content (AvgIpc) is 2.92. The summed E-state index contributed by atoms with van der Waals surface area (Å²) >= 11 is 0. The molecular formula is C26H9BF10O3. The summed E-state index contributed by atoms with van der Waals surface area (Å²) in [5, 5.41) is -3.07. The second kappa shape index (κ2) is 10.2. The van der Waals surface area contributed by atoms with Crippen molar-refractivity contribution < 1.29 is 57.9 Å². The molecule has 5 aromatic carbocycles. The van der Waals surface area contributed by atoms with Crippen LogP contribution in [0, 0.1) is 58.2 Å². The highest BCUT2D eigenvalue weighted by atomic mass is 19.2. The van der Waals surface area contributed by atoms with E-state index in [1.54, 1.807) is 0 Å². The van der Waals surface area contributed by atoms with E-state index in [4.69, 9.17) is 14.0 Å². The Hall–Kier alpha value is -4.62. The second-order valence-electron chi connectivity index (χ2n) is 8.11. The molecule has 3 nitrogen and oxygen atoms in total. The zero-order valence-corrected chi connectivity index (χ0v) is 19.3. The first-order valence-electron chi connectivity index (χ1n) is 10.9. The number of hydrogen-bond acceptors (Lipinski definition) is 3. The van der Waals surface area contributed by atoms with Crippen LogP contribution in [0.2, 0.25) is 0 Å². The van der Waals surface area contributed by atoms with Crippen LogP contribution in [0.15, 0.2) is 54.6 Å². The lowest BCUT2D eigenvalue weighted by Gasteiger charge is -2.19. The summed E-state index contributed by atoms with van der Waals surface area (Å²) in [5.74, 6) is -19.6. The minimum atomic E-state index is -2.40. The number of halogens is 10. The maximum atomic E-state index is 14.7. The summed E-state index contributed by atoms with van der Waals surface area (Å²) in [7, 11) is -2.40. The maximum Gasteiger partial charge on any atom is 0.864 e. The Balaban J connectivity index is 1.65. The number of hydrogen-bond donors (Lipinski definition) is 0. The first-order valence-corrected chi connectivity index (χ1v) is 10.9. The molecule has 0 radical (unpaired) electrons. The first-order chi connectivity index (χ1) is 19.0. The number of benzene rings is 5. The van der Waals surface area contributed by atoms with Crippen LogP contribution < -0.4 is 14.0 Å². The summed E-state index contributed by atoms with van der Waals surface area (Å²) in [4.78, 5) is 0. The van der Waals surface area contributed by atoms with E-state index in [-0.39, 0.29) is 0 Å². The molecule has 0 aliphatic rings. The molecule has 204 valence electrons. The van der Waals surface area contributed by atoms with Crippen LogP contribution in [0.1, 0.15) is 0 Å². The van der Waals surface area contributed by atoms with E-state index < -0.39 is 104 Å². The predicted molar refractivity (Wildman–Crippen MR) is 122 cm³/mol. The molecule has 0 aliphatic carbocycles. The lowest BCUT2D eigenvalue weighted by molar-refractivity contribution is 0.297. The normalized spacial score (nSPS) is 11.2. The third kappa shape index (κ3) is 4.59. The summed E-state index contributed by atoms with van der Waals surface area (Å²) in [5.41, 5.74) is 0. The first kappa shape index (κ1) is 27.0. The van der Waals surface area contributed by atoms with E-state index in [0.29, 0.717) is 30.3 Å². The molecule has 0 unspecified atom stereocenters. The molecule has 5 aromatic rings. The van der Waals surface area contributed by atoms with Crippen molar-refractivity contribution in [1.82, 2.24) is 0 Å². The highest BCUT2D eigenvalue weighted by Crippen LogP contribution is 2.36. The third-order valence-corrected chi connectivity index (χ3v) is 5.67. The van der Waals surface area contributed by atoms with Crippen molar-refractivity contribution in [2.75, 3.05) is 0 Å². The lowest BCUT2D eigenvalue weighted by atomic mass is 10.1. The molecular weight excluding hydrogens is 561 g/mol. The van der Waals surface area contributed by atoms with Crippen LogP contribution in [-0.4, -0.2) is 7.32 Å². The van der Waals surface area contributed by atoms with Crippen molar-refractivity contribution in [2.24, 2.45) is 0 Å². The standard InChI is InChI=1S/C26H9BF10O3/c28-10-8-12-16(6-4-13(29)19(12)15(31)9-10)38-27(40-18-7-5-14(30)22(33)23(18)34)39-17-3-1-2-11-20(17)24(35)26(37)25(36)21(11)32/h1-9H. The van der Waals surface area contributed by atoms with Crippen LogP contribution in [0.25, 0.3) is 21.5 Å². The highest BCUT2D eigenvalue weighted by molar-refractivity contribution is 6.40. The molecule has 14 heteroatoms. The van der Waals surface area contributed by atoms with Gasteiger partial charge in [0, 0.05) is 16.8 Å². The monoisotopic (exact) mass is 570 g/mol. The summed E-state index contributed by atoms with van der Waals surface area (Å²) in [6.45, 7) is 0. The summed E-state index contributed by atoms with van der Waals surface area (Å²) < 4.78 is 157. The largest absolute Gasteiger partial charge is 0.864 e. The van der Waals surface area contributed by atoms with E-state index in [0.717, 1.165) is 24.3 Å². The smallest absolute Gasteiger partial charge is 0.489 e. The molecule has 0 bridgehead atoms. The Bertz CT molecular complexity index is 1810. The van der Waals surface area contributed by atoms with Gasteiger partial charge in [0.15, 0.2) is 34.9 Å². The van der Waals surface area contributed by atoms with Gasteiger partial charge in [-0.15, -0.1) is 0 Å². The number of fused-ring (bicyclic) bond motifs is 2. The van der Waals surface area contributed by atoms with Gasteiger partial charge in [0.1, 0.15) is 34.7 Å². The van der Waals surface area contributed by atoms with E-state index in [2.05, 4.69) is 0 Å². The van der Waals surface area contributed by atoms with Gasteiger partial charge in [0.2, 0.25) is 5.82 Å². The van der Waals surface area contributed by atoms with Crippen molar-refractivity contribution in [3.63, 3.8) is 0 Å². The maximum absolute atomic E-state index is 14.7. The molecule has 0 fully saturated rings. The van der Waals surface area contributed by atoms with Crippen molar-refractivity contribution in [2.45, 2.75) is 0 Å². The predicted octanol–water partition coefficient (Wildman–Crippen LogP) is 7.91. The van der Waals surface area contributed by atoms with Crippen molar-refractivity contribution >= 4 is 28.9 Å². The highest BCUT2D eigenvalue weighted by Gasteiger charge is 2.35. The Morgan fingerprint density at radius 1 is 0.425 bits per heavy atom. The fourth-order valence-electron chi connectivity index (χ4n) is 3.88. The Morgan fingerprint density at radius 2 is 1.05 bits per heavy atom. The summed E-state index contributed by atoms with van der Waals surface area (Å²) in [6.07, 6.45) is 0. The van der Waals surface area contributed by atoms with Crippen molar-refractivity contribution in [1.29, 1.82) is 0 Å². The molecule has 40 heavy (non-hydrogen) atoms. The quantitative estimate of drug-likeness (QED) is 0.0900. The van der Waals surface area contributed by atoms with Crippen LogP contribution >= 0.6 is 0 Å². The van der Waals surface area contributed by atoms with Crippen molar-refractivity contribution in [3.05, 3.63) is 113 Å². The van der Waals surface area contributed by atoms with Crippen molar-refractivity contribution in [3.8, 4) is 17.2 Å². The van der Waals surface area contributed by atoms with E-state index in [1.165, 1.54) is 0 Å². The lowest BCUT2D eigenvalue weighted by Crippen LogP contribution is -2.37. The third-order valence-electron chi connectivity index (χ3n) is 5.67. The van der Waals surface area contributed by atoms with Gasteiger partial charge in [-0.1, -0.05) is 12.1 Å². The van der Waals surface area contributed by atoms with E-state index >= 15 is 0 Å². The minimum Gasteiger partial charge on any atom is -0.489 e. The molecule has 0 aromatic heterocycles. The van der Waals surface area contributed by atoms with Gasteiger partial charge in [-0.2, -0.15) is 4.39 Å². The Morgan fingerprint density at radius 3 is 1.80 bits per heavy atom. The SMILES string of the molecule is Fc1cc(F)c2c(F)ccc(OB(Oc3ccc(F)c(F)c3F)Oc3cccc4c(F)c(F)c(F)c(F)c34)c2c1. The molecule has 0 N–H and O–H groups in total. The Labute approximate surface area is 217 Å². The van der Waals surface area contributed by atoms with E-state index in [1.807, 2.05) is 0 Å². The van der Waals surface area contributed by atoms with Gasteiger partial charge >= 0.3 is 7.32 Å². The van der Waals surface area contributed by atoms with Gasteiger partial charge < -0.3 is 14.0 Å².